The van der Waals surface area contributed by atoms with Crippen LogP contribution in [0, 0.1) is 11.8 Å². The normalized spacial score (nSPS) is 20.9. The van der Waals surface area contributed by atoms with E-state index < -0.39 is 24.4 Å². The third-order valence-corrected chi connectivity index (χ3v) is 9.71. The molecule has 0 radical (unpaired) electrons. The van der Waals surface area contributed by atoms with E-state index in [9.17, 15) is 20.4 Å². The van der Waals surface area contributed by atoms with Crippen molar-refractivity contribution in [2.24, 2.45) is 11.8 Å². The van der Waals surface area contributed by atoms with Gasteiger partial charge in [0, 0.05) is 0 Å². The SMILES string of the molecule is COc1ccc(C(O)C(C)Oc2ccc(C3OC(c4ccc(OC(C)C(O)c5ccc(OC)c(O)c5)c(OC)c4)C(C)C3C)cc2OC)cc1O. The number of methoxy groups -OCH3 is 4. The van der Waals surface area contributed by atoms with Crippen LogP contribution in [0.4, 0.5) is 0 Å². The van der Waals surface area contributed by atoms with E-state index in [1.54, 1.807) is 52.3 Å². The van der Waals surface area contributed by atoms with Gasteiger partial charge in [-0.3, -0.25) is 0 Å². The van der Waals surface area contributed by atoms with Crippen LogP contribution < -0.4 is 28.4 Å². The minimum atomic E-state index is -1.02. The molecule has 11 nitrogen and oxygen atoms in total. The van der Waals surface area contributed by atoms with Crippen LogP contribution in [0.3, 0.4) is 0 Å². The maximum absolute atomic E-state index is 10.9. The summed E-state index contributed by atoms with van der Waals surface area (Å²) in [5.41, 5.74) is 2.83. The van der Waals surface area contributed by atoms with Gasteiger partial charge in [-0.25, -0.2) is 0 Å². The second-order valence-electron chi connectivity index (χ2n) is 12.9. The van der Waals surface area contributed by atoms with E-state index in [1.165, 1.54) is 26.4 Å². The Hall–Kier alpha value is -4.84. The van der Waals surface area contributed by atoms with Crippen LogP contribution in [0.25, 0.3) is 0 Å². The number of aliphatic hydroxyl groups excluding tert-OH is 2. The first-order chi connectivity index (χ1) is 24.4. The zero-order chi connectivity index (χ0) is 37.0. The average molecular weight is 705 g/mol. The molecule has 8 atom stereocenters. The Balaban J connectivity index is 1.28. The summed E-state index contributed by atoms with van der Waals surface area (Å²) in [5, 5.41) is 42.2. The molecule has 51 heavy (non-hydrogen) atoms. The summed E-state index contributed by atoms with van der Waals surface area (Å²) in [6.07, 6.45) is -3.83. The number of phenolic OH excluding ortho intramolecular Hbond substituents is 2. The van der Waals surface area contributed by atoms with Gasteiger partial charge in [0.1, 0.15) is 24.4 Å². The van der Waals surface area contributed by atoms with Gasteiger partial charge < -0.3 is 53.6 Å². The van der Waals surface area contributed by atoms with Gasteiger partial charge in [0.15, 0.2) is 46.0 Å². The van der Waals surface area contributed by atoms with Crippen LogP contribution in [0.1, 0.15) is 74.4 Å². The molecule has 4 N–H and O–H groups in total. The van der Waals surface area contributed by atoms with Gasteiger partial charge in [0.25, 0.3) is 0 Å². The third-order valence-electron chi connectivity index (χ3n) is 9.71. The van der Waals surface area contributed by atoms with Crippen LogP contribution in [0.2, 0.25) is 0 Å². The second kappa shape index (κ2) is 16.0. The Labute approximate surface area is 298 Å². The van der Waals surface area contributed by atoms with Crippen LogP contribution in [0.15, 0.2) is 72.8 Å². The topological polar surface area (TPSA) is 146 Å². The van der Waals surface area contributed by atoms with Crippen molar-refractivity contribution in [3.8, 4) is 46.0 Å². The van der Waals surface area contributed by atoms with Gasteiger partial charge in [-0.2, -0.15) is 0 Å². The lowest BCUT2D eigenvalue weighted by molar-refractivity contribution is 0.0281. The maximum Gasteiger partial charge on any atom is 0.161 e. The summed E-state index contributed by atoms with van der Waals surface area (Å²) in [5.74, 6) is 2.72. The van der Waals surface area contributed by atoms with E-state index in [0.29, 0.717) is 45.6 Å². The zero-order valence-electron chi connectivity index (χ0n) is 30.2. The predicted octanol–water partition coefficient (Wildman–Crippen LogP) is 7.22. The summed E-state index contributed by atoms with van der Waals surface area (Å²) in [6, 6.07) is 20.8. The van der Waals surface area contributed by atoms with E-state index in [1.807, 2.05) is 36.4 Å². The summed E-state index contributed by atoms with van der Waals surface area (Å²) >= 11 is 0. The van der Waals surface area contributed by atoms with Crippen LogP contribution in [-0.2, 0) is 4.74 Å². The maximum atomic E-state index is 10.9. The predicted molar refractivity (Wildman–Crippen MR) is 190 cm³/mol. The monoisotopic (exact) mass is 704 g/mol. The molecule has 4 aromatic carbocycles. The number of rotatable bonds is 14. The molecule has 1 fully saturated rings. The molecular weight excluding hydrogens is 656 g/mol. The Morgan fingerprint density at radius 3 is 1.20 bits per heavy atom. The van der Waals surface area contributed by atoms with Crippen molar-refractivity contribution < 1.29 is 53.6 Å². The molecule has 1 saturated heterocycles. The lowest BCUT2D eigenvalue weighted by Crippen LogP contribution is -2.22. The highest BCUT2D eigenvalue weighted by atomic mass is 16.5. The third kappa shape index (κ3) is 7.90. The average Bonchev–Trinajstić information content (AvgIpc) is 3.44. The van der Waals surface area contributed by atoms with Gasteiger partial charge in [-0.05, 0) is 96.5 Å². The van der Waals surface area contributed by atoms with Crippen molar-refractivity contribution in [3.63, 3.8) is 0 Å². The van der Waals surface area contributed by atoms with E-state index in [-0.39, 0.29) is 35.5 Å². The fourth-order valence-corrected chi connectivity index (χ4v) is 6.49. The van der Waals surface area contributed by atoms with Crippen LogP contribution in [0.5, 0.6) is 46.0 Å². The molecule has 0 bridgehead atoms. The Morgan fingerprint density at radius 2 is 0.863 bits per heavy atom. The van der Waals surface area contributed by atoms with Gasteiger partial charge in [0.05, 0.1) is 40.6 Å². The standard InChI is InChI=1S/C40H48O11/c1-21-22(2)40(28-12-16-34(36(20-28)48-8)50-24(4)38(44)26-10-14-32(46-6)30(42)18-26)51-39(21)27-11-15-33(35(19-27)47-7)49-23(3)37(43)25-9-13-31(45-5)29(41)17-25/h9-24,37-44H,1-8H3. The van der Waals surface area contributed by atoms with E-state index in [2.05, 4.69) is 13.8 Å². The molecule has 11 heteroatoms. The number of hydrogen-bond acceptors (Lipinski definition) is 11. The van der Waals surface area contributed by atoms with Gasteiger partial charge >= 0.3 is 0 Å². The summed E-state index contributed by atoms with van der Waals surface area (Å²) in [7, 11) is 6.06. The summed E-state index contributed by atoms with van der Waals surface area (Å²) in [4.78, 5) is 0. The van der Waals surface area contributed by atoms with E-state index in [4.69, 9.17) is 33.2 Å². The minimum absolute atomic E-state index is 0.0677. The first-order valence-electron chi connectivity index (χ1n) is 16.8. The molecule has 1 aliphatic heterocycles. The summed E-state index contributed by atoms with van der Waals surface area (Å²) < 4.78 is 40.6. The lowest BCUT2D eigenvalue weighted by atomic mass is 9.85. The number of phenols is 2. The largest absolute Gasteiger partial charge is 0.504 e. The highest BCUT2D eigenvalue weighted by Gasteiger charge is 2.41. The van der Waals surface area contributed by atoms with Crippen LogP contribution in [-0.4, -0.2) is 61.1 Å². The van der Waals surface area contributed by atoms with Crippen molar-refractivity contribution in [1.82, 2.24) is 0 Å². The first kappa shape index (κ1) is 37.4. The highest BCUT2D eigenvalue weighted by molar-refractivity contribution is 5.47. The fourth-order valence-electron chi connectivity index (χ4n) is 6.49. The van der Waals surface area contributed by atoms with Crippen molar-refractivity contribution in [2.75, 3.05) is 28.4 Å². The number of benzene rings is 4. The molecule has 4 aromatic rings. The minimum Gasteiger partial charge on any atom is -0.504 e. The number of ether oxygens (including phenoxy) is 7. The van der Waals surface area contributed by atoms with Crippen molar-refractivity contribution in [3.05, 3.63) is 95.1 Å². The molecule has 0 saturated carbocycles. The summed E-state index contributed by atoms with van der Waals surface area (Å²) in [6.45, 7) is 7.80. The molecule has 1 aliphatic rings. The Kier molecular flexibility index (Phi) is 11.7. The molecule has 274 valence electrons. The number of hydrogen-bond donors (Lipinski definition) is 4. The van der Waals surface area contributed by atoms with E-state index in [0.717, 1.165) is 11.1 Å². The van der Waals surface area contributed by atoms with Crippen molar-refractivity contribution in [1.29, 1.82) is 0 Å². The molecule has 0 spiro atoms. The van der Waals surface area contributed by atoms with Gasteiger partial charge in [-0.1, -0.05) is 38.1 Å². The van der Waals surface area contributed by atoms with Crippen molar-refractivity contribution in [2.45, 2.75) is 64.3 Å². The molecule has 5 rings (SSSR count). The number of aliphatic hydroxyl groups is 2. The number of aromatic hydroxyl groups is 2. The smallest absolute Gasteiger partial charge is 0.161 e. The fraction of sp³-hybridized carbons (Fsp3) is 0.400. The van der Waals surface area contributed by atoms with Gasteiger partial charge in [0.2, 0.25) is 0 Å². The van der Waals surface area contributed by atoms with E-state index >= 15 is 0 Å². The highest BCUT2D eigenvalue weighted by Crippen LogP contribution is 2.51. The quantitative estimate of drug-likeness (QED) is 0.106. The first-order valence-corrected chi connectivity index (χ1v) is 16.8. The van der Waals surface area contributed by atoms with Gasteiger partial charge in [-0.15, -0.1) is 0 Å². The molecule has 8 unspecified atom stereocenters. The second-order valence-corrected chi connectivity index (χ2v) is 12.9. The Morgan fingerprint density at radius 1 is 0.510 bits per heavy atom. The Bertz CT molecular complexity index is 1660. The molecule has 0 aromatic heterocycles. The van der Waals surface area contributed by atoms with Crippen LogP contribution >= 0.6 is 0 Å². The lowest BCUT2D eigenvalue weighted by Gasteiger charge is -2.24. The van der Waals surface area contributed by atoms with Crippen molar-refractivity contribution >= 4 is 0 Å². The molecule has 0 aliphatic carbocycles. The molecule has 1 heterocycles. The zero-order valence-corrected chi connectivity index (χ0v) is 30.2. The molecule has 0 amide bonds. The molecular formula is C40H48O11.